The minimum absolute atomic E-state index is 0.0830. The molecule has 0 unspecified atom stereocenters. The molecule has 0 aliphatic carbocycles. The van der Waals surface area contributed by atoms with Crippen LogP contribution in [-0.2, 0) is 11.0 Å². The lowest BCUT2D eigenvalue weighted by Crippen LogP contribution is -2.31. The van der Waals surface area contributed by atoms with Gasteiger partial charge in [0.2, 0.25) is 11.9 Å². The third-order valence-corrected chi connectivity index (χ3v) is 4.37. The summed E-state index contributed by atoms with van der Waals surface area (Å²) in [6.45, 7) is 4.23. The van der Waals surface area contributed by atoms with Gasteiger partial charge in [0.25, 0.3) is 5.91 Å². The van der Waals surface area contributed by atoms with Gasteiger partial charge in [0.1, 0.15) is 0 Å². The fourth-order valence-corrected chi connectivity index (χ4v) is 2.87. The second-order valence-electron chi connectivity index (χ2n) is 6.44. The van der Waals surface area contributed by atoms with Gasteiger partial charge in [-0.15, -0.1) is 0 Å². The van der Waals surface area contributed by atoms with Crippen molar-refractivity contribution in [3.05, 3.63) is 60.4 Å². The van der Waals surface area contributed by atoms with Crippen LogP contribution in [0.15, 0.2) is 49.3 Å². The molecule has 1 aliphatic heterocycles. The molecule has 152 valence electrons. The molecule has 1 aliphatic rings. The highest BCUT2D eigenvalue weighted by Gasteiger charge is 2.32. The number of halogens is 3. The Morgan fingerprint density at radius 2 is 1.83 bits per heavy atom. The predicted molar refractivity (Wildman–Crippen MR) is 100 cm³/mol. The number of hydrogen-bond acceptors (Lipinski definition) is 5. The Bertz CT molecular complexity index is 898. The number of anilines is 2. The monoisotopic (exact) mass is 405 g/mol. The SMILES string of the molecule is C=CC(=O)Nc1ccc(C(=O)N2CC[C@@H](Nc3ncc(C(F)(F)F)cn3)C2)cc1. The molecule has 7 nitrogen and oxygen atoms in total. The summed E-state index contributed by atoms with van der Waals surface area (Å²) < 4.78 is 37.7. The number of hydrogen-bond donors (Lipinski definition) is 2. The Hall–Kier alpha value is -3.43. The van der Waals surface area contributed by atoms with E-state index in [1.54, 1.807) is 29.2 Å². The van der Waals surface area contributed by atoms with E-state index in [0.29, 0.717) is 30.8 Å². The molecule has 1 aromatic heterocycles. The van der Waals surface area contributed by atoms with Crippen LogP contribution in [0.4, 0.5) is 24.8 Å². The first-order valence-electron chi connectivity index (χ1n) is 8.75. The van der Waals surface area contributed by atoms with Gasteiger partial charge in [-0.1, -0.05) is 6.58 Å². The van der Waals surface area contributed by atoms with Crippen LogP contribution >= 0.6 is 0 Å². The summed E-state index contributed by atoms with van der Waals surface area (Å²) in [5.74, 6) is -0.438. The van der Waals surface area contributed by atoms with Crippen molar-refractivity contribution in [2.45, 2.75) is 18.6 Å². The first-order valence-corrected chi connectivity index (χ1v) is 8.75. The normalized spacial score (nSPS) is 16.4. The molecule has 0 bridgehead atoms. The van der Waals surface area contributed by atoms with Gasteiger partial charge in [-0.2, -0.15) is 13.2 Å². The van der Waals surface area contributed by atoms with E-state index in [-0.39, 0.29) is 23.8 Å². The Kier molecular flexibility index (Phi) is 5.81. The van der Waals surface area contributed by atoms with E-state index in [4.69, 9.17) is 0 Å². The summed E-state index contributed by atoms with van der Waals surface area (Å²) in [6, 6.07) is 6.30. The molecule has 2 N–H and O–H groups in total. The number of aromatic nitrogens is 2. The van der Waals surface area contributed by atoms with Crippen molar-refractivity contribution in [2.75, 3.05) is 23.7 Å². The van der Waals surface area contributed by atoms with Crippen molar-refractivity contribution in [3.63, 3.8) is 0 Å². The van der Waals surface area contributed by atoms with Gasteiger partial charge in [0.15, 0.2) is 0 Å². The van der Waals surface area contributed by atoms with Crippen molar-refractivity contribution < 1.29 is 22.8 Å². The standard InChI is InChI=1S/C19H18F3N5O2/c1-2-16(28)25-14-5-3-12(4-6-14)17(29)27-8-7-15(11-27)26-18-23-9-13(10-24-18)19(20,21)22/h2-6,9-10,15H,1,7-8,11H2,(H,25,28)(H,23,24,26)/t15-/m1/s1. The zero-order chi connectivity index (χ0) is 21.0. The molecule has 2 aromatic rings. The van der Waals surface area contributed by atoms with E-state index >= 15 is 0 Å². The van der Waals surface area contributed by atoms with Gasteiger partial charge < -0.3 is 15.5 Å². The highest BCUT2D eigenvalue weighted by atomic mass is 19.4. The lowest BCUT2D eigenvalue weighted by Gasteiger charge is -2.17. The quantitative estimate of drug-likeness (QED) is 0.747. The van der Waals surface area contributed by atoms with E-state index in [9.17, 15) is 22.8 Å². The van der Waals surface area contributed by atoms with Crippen LogP contribution in [0.25, 0.3) is 0 Å². The molecule has 0 spiro atoms. The van der Waals surface area contributed by atoms with Crippen molar-refractivity contribution in [1.29, 1.82) is 0 Å². The Morgan fingerprint density at radius 3 is 2.41 bits per heavy atom. The van der Waals surface area contributed by atoms with Crippen LogP contribution in [0.1, 0.15) is 22.3 Å². The van der Waals surface area contributed by atoms with Gasteiger partial charge in [-0.3, -0.25) is 9.59 Å². The first kappa shape index (κ1) is 20.3. The number of carbonyl (C=O) groups is 2. The second kappa shape index (κ2) is 8.29. The van der Waals surface area contributed by atoms with Crippen LogP contribution in [-0.4, -0.2) is 45.8 Å². The van der Waals surface area contributed by atoms with E-state index in [2.05, 4.69) is 27.2 Å². The fraction of sp³-hybridized carbons (Fsp3) is 0.263. The van der Waals surface area contributed by atoms with E-state index in [1.807, 2.05) is 0 Å². The fourth-order valence-electron chi connectivity index (χ4n) is 2.87. The molecule has 10 heteroatoms. The van der Waals surface area contributed by atoms with Gasteiger partial charge in [-0.05, 0) is 36.8 Å². The minimum atomic E-state index is -4.49. The summed E-state index contributed by atoms with van der Waals surface area (Å²) in [5, 5.41) is 5.55. The van der Waals surface area contributed by atoms with E-state index in [1.165, 1.54) is 0 Å². The predicted octanol–water partition coefficient (Wildman–Crippen LogP) is 2.95. The number of alkyl halides is 3. The zero-order valence-electron chi connectivity index (χ0n) is 15.2. The van der Waals surface area contributed by atoms with Gasteiger partial charge in [0.05, 0.1) is 5.56 Å². The summed E-state index contributed by atoms with van der Waals surface area (Å²) in [7, 11) is 0. The third-order valence-electron chi connectivity index (χ3n) is 4.37. The van der Waals surface area contributed by atoms with Crippen molar-refractivity contribution >= 4 is 23.5 Å². The number of amides is 2. The second-order valence-corrected chi connectivity index (χ2v) is 6.44. The van der Waals surface area contributed by atoms with E-state index in [0.717, 1.165) is 18.5 Å². The van der Waals surface area contributed by atoms with Gasteiger partial charge in [-0.25, -0.2) is 9.97 Å². The average molecular weight is 405 g/mol. The Morgan fingerprint density at radius 1 is 1.17 bits per heavy atom. The number of nitrogens with one attached hydrogen (secondary N) is 2. The molecule has 2 amide bonds. The zero-order valence-corrected chi connectivity index (χ0v) is 15.2. The maximum atomic E-state index is 12.6. The molecule has 29 heavy (non-hydrogen) atoms. The lowest BCUT2D eigenvalue weighted by atomic mass is 10.2. The van der Waals surface area contributed by atoms with Crippen LogP contribution in [0.2, 0.25) is 0 Å². The molecule has 1 atom stereocenters. The maximum Gasteiger partial charge on any atom is 0.419 e. The van der Waals surface area contributed by atoms with Crippen molar-refractivity contribution in [2.24, 2.45) is 0 Å². The van der Waals surface area contributed by atoms with Crippen molar-refractivity contribution in [1.82, 2.24) is 14.9 Å². The maximum absolute atomic E-state index is 12.6. The first-order chi connectivity index (χ1) is 13.8. The number of benzene rings is 1. The van der Waals surface area contributed by atoms with Gasteiger partial charge in [0, 0.05) is 42.8 Å². The third kappa shape index (κ3) is 5.09. The molecule has 2 heterocycles. The minimum Gasteiger partial charge on any atom is -0.350 e. The molecule has 0 radical (unpaired) electrons. The Balaban J connectivity index is 1.56. The van der Waals surface area contributed by atoms with Crippen molar-refractivity contribution in [3.8, 4) is 0 Å². The molecular weight excluding hydrogens is 387 g/mol. The van der Waals surface area contributed by atoms with E-state index < -0.39 is 11.7 Å². The highest BCUT2D eigenvalue weighted by Crippen LogP contribution is 2.28. The Labute approximate surface area is 164 Å². The number of carbonyl (C=O) groups excluding carboxylic acids is 2. The van der Waals surface area contributed by atoms with Crippen LogP contribution in [0.3, 0.4) is 0 Å². The average Bonchev–Trinajstić information content (AvgIpc) is 3.16. The number of rotatable bonds is 5. The molecule has 0 saturated carbocycles. The molecular formula is C19H18F3N5O2. The smallest absolute Gasteiger partial charge is 0.350 e. The number of nitrogens with zero attached hydrogens (tertiary/aromatic N) is 3. The van der Waals surface area contributed by atoms with Crippen LogP contribution < -0.4 is 10.6 Å². The molecule has 1 fully saturated rings. The summed E-state index contributed by atoms with van der Waals surface area (Å²) in [4.78, 5) is 32.9. The number of likely N-dealkylation sites (tertiary alicyclic amines) is 1. The highest BCUT2D eigenvalue weighted by molar-refractivity contribution is 5.99. The molecule has 3 rings (SSSR count). The van der Waals surface area contributed by atoms with Gasteiger partial charge >= 0.3 is 6.18 Å². The molecule has 1 saturated heterocycles. The largest absolute Gasteiger partial charge is 0.419 e. The van der Waals surface area contributed by atoms with Crippen LogP contribution in [0.5, 0.6) is 0 Å². The topological polar surface area (TPSA) is 87.2 Å². The summed E-state index contributed by atoms with van der Waals surface area (Å²) in [6.07, 6.45) is -1.28. The summed E-state index contributed by atoms with van der Waals surface area (Å²) in [5.41, 5.74) is 0.0962. The van der Waals surface area contributed by atoms with Crippen LogP contribution in [0, 0.1) is 0 Å². The lowest BCUT2D eigenvalue weighted by molar-refractivity contribution is -0.138. The summed E-state index contributed by atoms with van der Waals surface area (Å²) >= 11 is 0. The molecule has 1 aromatic carbocycles.